The van der Waals surface area contributed by atoms with Crippen molar-refractivity contribution in [2.45, 2.75) is 32.7 Å². The van der Waals surface area contributed by atoms with Gasteiger partial charge in [0.2, 0.25) is 0 Å². The van der Waals surface area contributed by atoms with Gasteiger partial charge in [-0.1, -0.05) is 38.8 Å². The Bertz CT molecular complexity index is 563. The van der Waals surface area contributed by atoms with E-state index in [4.69, 9.17) is 4.74 Å². The van der Waals surface area contributed by atoms with E-state index in [0.29, 0.717) is 25.7 Å². The van der Waals surface area contributed by atoms with E-state index in [1.807, 2.05) is 6.07 Å². The number of morpholine rings is 1. The van der Waals surface area contributed by atoms with E-state index in [-0.39, 0.29) is 35.8 Å². The van der Waals surface area contributed by atoms with Gasteiger partial charge in [-0.05, 0) is 23.6 Å². The molecule has 0 saturated carbocycles. The van der Waals surface area contributed by atoms with Crippen molar-refractivity contribution in [2.75, 3.05) is 46.4 Å². The summed E-state index contributed by atoms with van der Waals surface area (Å²) in [4.78, 5) is 6.68. The van der Waals surface area contributed by atoms with Gasteiger partial charge in [0, 0.05) is 33.2 Å². The number of halogens is 2. The maximum Gasteiger partial charge on any atom is 0.191 e. The number of aliphatic imine (C=N–C) groups is 1. The minimum Gasteiger partial charge on any atom is -0.379 e. The van der Waals surface area contributed by atoms with Gasteiger partial charge in [0.15, 0.2) is 5.96 Å². The summed E-state index contributed by atoms with van der Waals surface area (Å²) in [5.74, 6) is 1.25. The lowest BCUT2D eigenvalue weighted by Gasteiger charge is -2.35. The number of benzene rings is 1. The minimum atomic E-state index is -0.197. The summed E-state index contributed by atoms with van der Waals surface area (Å²) in [7, 11) is 1.79. The largest absolute Gasteiger partial charge is 0.379 e. The first-order chi connectivity index (χ1) is 12.7. The van der Waals surface area contributed by atoms with Gasteiger partial charge in [-0.15, -0.1) is 24.0 Å². The van der Waals surface area contributed by atoms with Crippen molar-refractivity contribution in [1.82, 2.24) is 15.5 Å². The monoisotopic (exact) mass is 492 g/mol. The third-order valence-corrected chi connectivity index (χ3v) is 5.12. The topological polar surface area (TPSA) is 48.9 Å². The van der Waals surface area contributed by atoms with Gasteiger partial charge in [-0.2, -0.15) is 0 Å². The first-order valence-electron chi connectivity index (χ1n) is 9.69. The van der Waals surface area contributed by atoms with E-state index < -0.39 is 0 Å². The molecule has 27 heavy (non-hydrogen) atoms. The van der Waals surface area contributed by atoms with Crippen LogP contribution in [0, 0.1) is 11.7 Å². The highest BCUT2D eigenvalue weighted by molar-refractivity contribution is 14.0. The summed E-state index contributed by atoms with van der Waals surface area (Å²) >= 11 is 0. The fraction of sp³-hybridized carbons (Fsp3) is 0.650. The zero-order chi connectivity index (χ0) is 18.8. The lowest BCUT2D eigenvalue weighted by molar-refractivity contribution is 0.0169. The Morgan fingerprint density at radius 3 is 2.44 bits per heavy atom. The molecule has 154 valence electrons. The number of nitrogens with one attached hydrogen (secondary N) is 2. The van der Waals surface area contributed by atoms with Crippen LogP contribution >= 0.6 is 24.0 Å². The number of nitrogens with zero attached hydrogens (tertiary/aromatic N) is 2. The zero-order valence-electron chi connectivity index (χ0n) is 16.7. The fourth-order valence-electron chi connectivity index (χ4n) is 3.29. The SMILES string of the molecule is CCC(CC)CNC(=NC)NCC(c1cccc(F)c1)N1CCOCC1.I. The molecule has 0 aromatic heterocycles. The van der Waals surface area contributed by atoms with Crippen LogP contribution < -0.4 is 10.6 Å². The van der Waals surface area contributed by atoms with E-state index in [2.05, 4.69) is 34.4 Å². The quantitative estimate of drug-likeness (QED) is 0.332. The van der Waals surface area contributed by atoms with Gasteiger partial charge in [0.25, 0.3) is 0 Å². The number of ether oxygens (including phenoxy) is 1. The molecule has 1 aliphatic heterocycles. The molecular weight excluding hydrogens is 458 g/mol. The van der Waals surface area contributed by atoms with Crippen LogP contribution in [0.4, 0.5) is 4.39 Å². The van der Waals surface area contributed by atoms with Gasteiger partial charge >= 0.3 is 0 Å². The lowest BCUT2D eigenvalue weighted by Crippen LogP contribution is -2.47. The molecule has 0 aliphatic carbocycles. The van der Waals surface area contributed by atoms with E-state index in [9.17, 15) is 4.39 Å². The Morgan fingerprint density at radius 1 is 1.19 bits per heavy atom. The van der Waals surface area contributed by atoms with Crippen molar-refractivity contribution in [1.29, 1.82) is 0 Å². The predicted molar refractivity (Wildman–Crippen MR) is 120 cm³/mol. The predicted octanol–water partition coefficient (Wildman–Crippen LogP) is 3.42. The van der Waals surface area contributed by atoms with Crippen LogP contribution in [-0.2, 0) is 4.74 Å². The second-order valence-corrected chi connectivity index (χ2v) is 6.74. The molecule has 0 bridgehead atoms. The molecule has 1 aromatic carbocycles. The summed E-state index contributed by atoms with van der Waals surface area (Å²) < 4.78 is 19.2. The van der Waals surface area contributed by atoms with E-state index in [1.165, 1.54) is 6.07 Å². The van der Waals surface area contributed by atoms with Crippen molar-refractivity contribution in [3.8, 4) is 0 Å². The first kappa shape index (κ1) is 24.1. The zero-order valence-corrected chi connectivity index (χ0v) is 19.0. The number of guanidine groups is 1. The average molecular weight is 492 g/mol. The Hall–Kier alpha value is -0.930. The van der Waals surface area contributed by atoms with E-state index in [1.54, 1.807) is 19.2 Å². The van der Waals surface area contributed by atoms with Crippen LogP contribution in [0.25, 0.3) is 0 Å². The summed E-state index contributed by atoms with van der Waals surface area (Å²) in [5, 5.41) is 6.84. The highest BCUT2D eigenvalue weighted by Gasteiger charge is 2.23. The molecule has 0 spiro atoms. The second-order valence-electron chi connectivity index (χ2n) is 6.74. The van der Waals surface area contributed by atoms with Crippen molar-refractivity contribution < 1.29 is 9.13 Å². The van der Waals surface area contributed by atoms with Crippen LogP contribution in [0.5, 0.6) is 0 Å². The summed E-state index contributed by atoms with van der Waals surface area (Å²) in [6, 6.07) is 6.97. The molecule has 7 heteroatoms. The Morgan fingerprint density at radius 2 is 1.85 bits per heavy atom. The van der Waals surface area contributed by atoms with Crippen LogP contribution in [0.3, 0.4) is 0 Å². The Balaban J connectivity index is 0.00000364. The van der Waals surface area contributed by atoms with Crippen LogP contribution in [0.2, 0.25) is 0 Å². The summed E-state index contributed by atoms with van der Waals surface area (Å²) in [5.41, 5.74) is 0.981. The molecule has 1 unspecified atom stereocenters. The summed E-state index contributed by atoms with van der Waals surface area (Å²) in [6.45, 7) is 9.14. The smallest absolute Gasteiger partial charge is 0.191 e. The average Bonchev–Trinajstić information content (AvgIpc) is 2.68. The molecule has 1 aromatic rings. The number of rotatable bonds is 8. The standard InChI is InChI=1S/C20H33FN4O.HI/c1-4-16(5-2)14-23-20(22-3)24-15-19(25-9-11-26-12-10-25)17-7-6-8-18(21)13-17;/h6-8,13,16,19H,4-5,9-12,14-15H2,1-3H3,(H2,22,23,24);1H. The fourth-order valence-corrected chi connectivity index (χ4v) is 3.29. The molecule has 5 nitrogen and oxygen atoms in total. The minimum absolute atomic E-state index is 0. The molecule has 0 amide bonds. The Labute approximate surface area is 180 Å². The van der Waals surface area contributed by atoms with Gasteiger partial charge in [0.05, 0.1) is 19.3 Å². The highest BCUT2D eigenvalue weighted by Crippen LogP contribution is 2.22. The summed E-state index contributed by atoms with van der Waals surface area (Å²) in [6.07, 6.45) is 2.31. The first-order valence-corrected chi connectivity index (χ1v) is 9.69. The molecule has 1 saturated heterocycles. The lowest BCUT2D eigenvalue weighted by atomic mass is 10.0. The molecule has 1 heterocycles. The molecule has 2 rings (SSSR count). The van der Waals surface area contributed by atoms with Gasteiger partial charge < -0.3 is 15.4 Å². The maximum absolute atomic E-state index is 13.7. The van der Waals surface area contributed by atoms with Crippen molar-refractivity contribution in [3.05, 3.63) is 35.6 Å². The van der Waals surface area contributed by atoms with Crippen LogP contribution in [0.15, 0.2) is 29.3 Å². The molecule has 1 atom stereocenters. The van der Waals surface area contributed by atoms with E-state index >= 15 is 0 Å². The van der Waals surface area contributed by atoms with Gasteiger partial charge in [0.1, 0.15) is 5.82 Å². The van der Waals surface area contributed by atoms with Crippen molar-refractivity contribution in [3.63, 3.8) is 0 Å². The number of hydrogen-bond donors (Lipinski definition) is 2. The highest BCUT2D eigenvalue weighted by atomic mass is 127. The van der Waals surface area contributed by atoms with Crippen LogP contribution in [-0.4, -0.2) is 57.3 Å². The normalized spacial score (nSPS) is 16.7. The number of hydrogen-bond acceptors (Lipinski definition) is 3. The van der Waals surface area contributed by atoms with Gasteiger partial charge in [-0.25, -0.2) is 4.39 Å². The third-order valence-electron chi connectivity index (χ3n) is 5.12. The molecule has 0 radical (unpaired) electrons. The molecule has 1 fully saturated rings. The van der Waals surface area contributed by atoms with E-state index in [0.717, 1.165) is 44.0 Å². The Kier molecular flexibility index (Phi) is 11.9. The molecular formula is C20H34FIN4O. The third kappa shape index (κ3) is 7.91. The van der Waals surface area contributed by atoms with Crippen molar-refractivity contribution >= 4 is 29.9 Å². The maximum atomic E-state index is 13.7. The molecule has 1 aliphatic rings. The second kappa shape index (κ2) is 13.3. The van der Waals surface area contributed by atoms with Crippen molar-refractivity contribution in [2.24, 2.45) is 10.9 Å². The molecule has 2 N–H and O–H groups in total. The van der Waals surface area contributed by atoms with Crippen LogP contribution in [0.1, 0.15) is 38.3 Å². The van der Waals surface area contributed by atoms with Gasteiger partial charge in [-0.3, -0.25) is 9.89 Å².